The molecule has 0 aromatic carbocycles. The molecule has 0 fully saturated rings. The second-order valence-corrected chi connectivity index (χ2v) is 6.99. The minimum absolute atomic E-state index is 0.204. The van der Waals surface area contributed by atoms with E-state index < -0.39 is 0 Å². The SMILES string of the molecule is CC(C)COCCC(C)(C)CNC(C)(C)C. The van der Waals surface area contributed by atoms with E-state index in [1.165, 1.54) is 0 Å². The summed E-state index contributed by atoms with van der Waals surface area (Å²) in [5.41, 5.74) is 0.514. The van der Waals surface area contributed by atoms with Gasteiger partial charge < -0.3 is 10.1 Å². The number of nitrogens with one attached hydrogen (secondary N) is 1. The van der Waals surface area contributed by atoms with Crippen molar-refractivity contribution in [2.24, 2.45) is 11.3 Å². The third-order valence-electron chi connectivity index (χ3n) is 2.47. The zero-order valence-electron chi connectivity index (χ0n) is 12.3. The molecule has 0 unspecified atom stereocenters. The Balaban J connectivity index is 3.70. The Hall–Kier alpha value is -0.0800. The van der Waals surface area contributed by atoms with Crippen molar-refractivity contribution in [3.05, 3.63) is 0 Å². The van der Waals surface area contributed by atoms with Gasteiger partial charge >= 0.3 is 0 Å². The smallest absolute Gasteiger partial charge is 0.0488 e. The molecule has 0 saturated heterocycles. The maximum absolute atomic E-state index is 5.64. The summed E-state index contributed by atoms with van der Waals surface area (Å²) in [6.45, 7) is 18.4. The lowest BCUT2D eigenvalue weighted by Crippen LogP contribution is -2.42. The Morgan fingerprint density at radius 1 is 1.06 bits per heavy atom. The number of ether oxygens (including phenoxy) is 1. The van der Waals surface area contributed by atoms with Crippen LogP contribution in [-0.4, -0.2) is 25.3 Å². The molecule has 0 heterocycles. The Morgan fingerprint density at radius 3 is 2.06 bits per heavy atom. The van der Waals surface area contributed by atoms with Crippen molar-refractivity contribution in [2.75, 3.05) is 19.8 Å². The van der Waals surface area contributed by atoms with E-state index in [2.05, 4.69) is 53.8 Å². The second-order valence-electron chi connectivity index (χ2n) is 6.99. The number of hydrogen-bond donors (Lipinski definition) is 1. The zero-order valence-corrected chi connectivity index (χ0v) is 12.3. The van der Waals surface area contributed by atoms with Crippen molar-refractivity contribution in [1.82, 2.24) is 5.32 Å². The first kappa shape index (κ1) is 15.9. The summed E-state index contributed by atoms with van der Waals surface area (Å²) in [6, 6.07) is 0. The minimum Gasteiger partial charge on any atom is -0.381 e. The van der Waals surface area contributed by atoms with Crippen molar-refractivity contribution in [2.45, 2.75) is 60.4 Å². The van der Waals surface area contributed by atoms with Gasteiger partial charge in [0.25, 0.3) is 0 Å². The van der Waals surface area contributed by atoms with E-state index in [-0.39, 0.29) is 5.54 Å². The van der Waals surface area contributed by atoms with E-state index in [1.54, 1.807) is 0 Å². The predicted octanol–water partition coefficient (Wildman–Crippen LogP) is 3.46. The molecule has 0 saturated carbocycles. The van der Waals surface area contributed by atoms with Crippen LogP contribution < -0.4 is 5.32 Å². The lowest BCUT2D eigenvalue weighted by atomic mass is 9.88. The first-order chi connectivity index (χ1) is 7.12. The molecular weight excluding hydrogens is 198 g/mol. The van der Waals surface area contributed by atoms with Gasteiger partial charge in [0.1, 0.15) is 0 Å². The molecule has 0 spiro atoms. The molecule has 1 N–H and O–H groups in total. The van der Waals surface area contributed by atoms with E-state index >= 15 is 0 Å². The molecule has 0 amide bonds. The Labute approximate surface area is 102 Å². The highest BCUT2D eigenvalue weighted by Gasteiger charge is 2.20. The molecule has 0 radical (unpaired) electrons. The van der Waals surface area contributed by atoms with Crippen LogP contribution in [0.5, 0.6) is 0 Å². The maximum Gasteiger partial charge on any atom is 0.0488 e. The number of rotatable bonds is 7. The number of hydrogen-bond acceptors (Lipinski definition) is 2. The van der Waals surface area contributed by atoms with Crippen LogP contribution in [0.25, 0.3) is 0 Å². The standard InChI is InChI=1S/C14H31NO/c1-12(2)10-16-9-8-14(6,7)11-15-13(3,4)5/h12,15H,8-11H2,1-7H3. The van der Waals surface area contributed by atoms with Crippen LogP contribution in [0.15, 0.2) is 0 Å². The van der Waals surface area contributed by atoms with Crippen molar-refractivity contribution in [1.29, 1.82) is 0 Å². The Morgan fingerprint density at radius 2 is 1.62 bits per heavy atom. The molecule has 2 heteroatoms. The summed E-state index contributed by atoms with van der Waals surface area (Å²) in [5, 5.41) is 3.56. The van der Waals surface area contributed by atoms with Crippen LogP contribution >= 0.6 is 0 Å². The van der Waals surface area contributed by atoms with Crippen LogP contribution in [0.4, 0.5) is 0 Å². The molecule has 0 aliphatic carbocycles. The fourth-order valence-corrected chi connectivity index (χ4v) is 1.26. The molecule has 2 nitrogen and oxygen atoms in total. The predicted molar refractivity (Wildman–Crippen MR) is 71.8 cm³/mol. The first-order valence-electron chi connectivity index (χ1n) is 6.45. The van der Waals surface area contributed by atoms with Gasteiger partial charge in [-0.3, -0.25) is 0 Å². The van der Waals surface area contributed by atoms with Gasteiger partial charge in [-0.05, 0) is 38.5 Å². The third kappa shape index (κ3) is 10.4. The highest BCUT2D eigenvalue weighted by molar-refractivity contribution is 4.78. The Kier molecular flexibility index (Phi) is 6.57. The monoisotopic (exact) mass is 229 g/mol. The fraction of sp³-hybridized carbons (Fsp3) is 1.00. The molecule has 0 aliphatic heterocycles. The molecular formula is C14H31NO. The largest absolute Gasteiger partial charge is 0.381 e. The lowest BCUT2D eigenvalue weighted by molar-refractivity contribution is 0.0828. The van der Waals surface area contributed by atoms with E-state index in [0.29, 0.717) is 11.3 Å². The molecule has 0 bridgehead atoms. The molecule has 0 atom stereocenters. The highest BCUT2D eigenvalue weighted by Crippen LogP contribution is 2.20. The zero-order chi connectivity index (χ0) is 12.8. The van der Waals surface area contributed by atoms with E-state index in [0.717, 1.165) is 26.2 Å². The van der Waals surface area contributed by atoms with Gasteiger partial charge in [0.15, 0.2) is 0 Å². The second kappa shape index (κ2) is 6.61. The van der Waals surface area contributed by atoms with Gasteiger partial charge in [0, 0.05) is 25.3 Å². The van der Waals surface area contributed by atoms with Crippen LogP contribution in [-0.2, 0) is 4.74 Å². The molecule has 0 aromatic rings. The quantitative estimate of drug-likeness (QED) is 0.675. The summed E-state index contributed by atoms with van der Waals surface area (Å²) in [5.74, 6) is 0.635. The van der Waals surface area contributed by atoms with Crippen LogP contribution in [0, 0.1) is 11.3 Å². The molecule has 98 valence electrons. The average molecular weight is 229 g/mol. The summed E-state index contributed by atoms with van der Waals surface area (Å²) >= 11 is 0. The summed E-state index contributed by atoms with van der Waals surface area (Å²) < 4.78 is 5.64. The topological polar surface area (TPSA) is 21.3 Å². The first-order valence-corrected chi connectivity index (χ1v) is 6.45. The van der Waals surface area contributed by atoms with E-state index in [9.17, 15) is 0 Å². The van der Waals surface area contributed by atoms with Crippen molar-refractivity contribution in [3.63, 3.8) is 0 Å². The van der Waals surface area contributed by atoms with Gasteiger partial charge in [-0.2, -0.15) is 0 Å². The van der Waals surface area contributed by atoms with Gasteiger partial charge in [-0.15, -0.1) is 0 Å². The molecule has 0 aliphatic rings. The van der Waals surface area contributed by atoms with Crippen molar-refractivity contribution < 1.29 is 4.74 Å². The Bertz CT molecular complexity index is 180. The highest BCUT2D eigenvalue weighted by atomic mass is 16.5. The van der Waals surface area contributed by atoms with E-state index in [1.807, 2.05) is 0 Å². The van der Waals surface area contributed by atoms with Crippen molar-refractivity contribution in [3.8, 4) is 0 Å². The van der Waals surface area contributed by atoms with Crippen molar-refractivity contribution >= 4 is 0 Å². The third-order valence-corrected chi connectivity index (χ3v) is 2.47. The summed E-state index contributed by atoms with van der Waals surface area (Å²) in [6.07, 6.45) is 1.11. The molecule has 0 rings (SSSR count). The van der Waals surface area contributed by atoms with E-state index in [4.69, 9.17) is 4.74 Å². The van der Waals surface area contributed by atoms with Gasteiger partial charge in [0.2, 0.25) is 0 Å². The molecule has 16 heavy (non-hydrogen) atoms. The minimum atomic E-state index is 0.204. The maximum atomic E-state index is 5.64. The molecule has 0 aromatic heterocycles. The van der Waals surface area contributed by atoms with Crippen LogP contribution in [0.3, 0.4) is 0 Å². The lowest BCUT2D eigenvalue weighted by Gasteiger charge is -2.30. The van der Waals surface area contributed by atoms with Crippen LogP contribution in [0.2, 0.25) is 0 Å². The average Bonchev–Trinajstić information content (AvgIpc) is 2.08. The summed E-state index contributed by atoms with van der Waals surface area (Å²) in [7, 11) is 0. The van der Waals surface area contributed by atoms with Gasteiger partial charge in [0.05, 0.1) is 0 Å². The fourth-order valence-electron chi connectivity index (χ4n) is 1.26. The van der Waals surface area contributed by atoms with Crippen LogP contribution in [0.1, 0.15) is 54.9 Å². The van der Waals surface area contributed by atoms with Gasteiger partial charge in [-0.1, -0.05) is 27.7 Å². The summed E-state index contributed by atoms with van der Waals surface area (Å²) in [4.78, 5) is 0. The van der Waals surface area contributed by atoms with Gasteiger partial charge in [-0.25, -0.2) is 0 Å². The normalized spacial score (nSPS) is 13.5.